The van der Waals surface area contributed by atoms with Gasteiger partial charge in [0.25, 0.3) is 5.91 Å². The number of ether oxygens (including phenoxy) is 2. The minimum absolute atomic E-state index is 0.344. The van der Waals surface area contributed by atoms with Crippen LogP contribution in [0.3, 0.4) is 0 Å². The Morgan fingerprint density at radius 2 is 1.48 bits per heavy atom. The molecule has 0 saturated heterocycles. The summed E-state index contributed by atoms with van der Waals surface area (Å²) in [6, 6.07) is 26.3. The molecular weight excluding hydrogens is 390 g/mol. The third kappa shape index (κ3) is 6.31. The molecule has 0 spiro atoms. The number of carbonyl (C=O) groups excluding carboxylic acids is 2. The lowest BCUT2D eigenvalue weighted by Crippen LogP contribution is -2.38. The number of carbonyl (C=O) groups is 2. The van der Waals surface area contributed by atoms with Crippen LogP contribution in [0.15, 0.2) is 91.0 Å². The van der Waals surface area contributed by atoms with Crippen LogP contribution in [0.5, 0.6) is 5.75 Å². The molecule has 1 atom stereocenters. The van der Waals surface area contributed by atoms with Crippen LogP contribution in [0.25, 0.3) is 6.08 Å². The maximum Gasteiger partial charge on any atom is 0.331 e. The van der Waals surface area contributed by atoms with E-state index in [9.17, 15) is 9.59 Å². The Labute approximate surface area is 182 Å². The van der Waals surface area contributed by atoms with Crippen LogP contribution in [0.2, 0.25) is 0 Å². The highest BCUT2D eigenvalue weighted by Gasteiger charge is 2.22. The highest BCUT2D eigenvalue weighted by molar-refractivity contribution is 5.90. The summed E-state index contributed by atoms with van der Waals surface area (Å²) >= 11 is 0. The van der Waals surface area contributed by atoms with E-state index in [1.165, 1.54) is 6.08 Å². The standard InChI is InChI=1S/C26H25NO4/c1-19(31-24(28)17-16-20-10-9-15-23(18-20)30-2)26(29)27-25(21-11-5-3-6-12-21)22-13-7-4-8-14-22/h3-19,25H,1-2H3,(H,27,29)/b17-16+/t19-/m0/s1. The number of nitrogens with one attached hydrogen (secondary N) is 1. The molecule has 31 heavy (non-hydrogen) atoms. The Bertz CT molecular complexity index is 992. The molecule has 3 aromatic carbocycles. The minimum atomic E-state index is -0.947. The number of methoxy groups -OCH3 is 1. The molecule has 3 rings (SSSR count). The summed E-state index contributed by atoms with van der Waals surface area (Å²) in [5.74, 6) is -0.279. The fourth-order valence-corrected chi connectivity index (χ4v) is 3.09. The van der Waals surface area contributed by atoms with E-state index in [2.05, 4.69) is 5.32 Å². The van der Waals surface area contributed by atoms with E-state index < -0.39 is 12.1 Å². The van der Waals surface area contributed by atoms with Gasteiger partial charge >= 0.3 is 5.97 Å². The summed E-state index contributed by atoms with van der Waals surface area (Å²) < 4.78 is 10.5. The predicted octanol–water partition coefficient (Wildman–Crippen LogP) is 4.55. The van der Waals surface area contributed by atoms with Crippen LogP contribution < -0.4 is 10.1 Å². The number of rotatable bonds is 8. The Balaban J connectivity index is 1.65. The van der Waals surface area contributed by atoms with Crippen molar-refractivity contribution in [1.82, 2.24) is 5.32 Å². The van der Waals surface area contributed by atoms with Gasteiger partial charge in [-0.15, -0.1) is 0 Å². The van der Waals surface area contributed by atoms with Gasteiger partial charge in [0.2, 0.25) is 0 Å². The average molecular weight is 415 g/mol. The molecule has 0 fully saturated rings. The first-order chi connectivity index (χ1) is 15.1. The van der Waals surface area contributed by atoms with Crippen molar-refractivity contribution >= 4 is 18.0 Å². The molecule has 1 amide bonds. The first kappa shape index (κ1) is 21.8. The van der Waals surface area contributed by atoms with Gasteiger partial charge in [0, 0.05) is 6.08 Å². The van der Waals surface area contributed by atoms with E-state index in [0.29, 0.717) is 5.75 Å². The molecule has 158 valence electrons. The lowest BCUT2D eigenvalue weighted by molar-refractivity contribution is -0.150. The molecule has 0 bridgehead atoms. The smallest absolute Gasteiger partial charge is 0.331 e. The third-order valence-electron chi connectivity index (χ3n) is 4.72. The summed E-state index contributed by atoms with van der Waals surface area (Å²) in [6.07, 6.45) is 1.97. The van der Waals surface area contributed by atoms with E-state index in [1.807, 2.05) is 78.9 Å². The monoisotopic (exact) mass is 415 g/mol. The van der Waals surface area contributed by atoms with Crippen molar-refractivity contribution in [2.75, 3.05) is 7.11 Å². The Morgan fingerprint density at radius 1 is 0.871 bits per heavy atom. The van der Waals surface area contributed by atoms with Crippen LogP contribution in [-0.2, 0) is 14.3 Å². The molecule has 5 heteroatoms. The third-order valence-corrected chi connectivity index (χ3v) is 4.72. The van der Waals surface area contributed by atoms with Crippen LogP contribution in [-0.4, -0.2) is 25.1 Å². The maximum atomic E-state index is 12.8. The molecule has 0 unspecified atom stereocenters. The number of hydrogen-bond donors (Lipinski definition) is 1. The molecule has 0 aliphatic heterocycles. The van der Waals surface area contributed by atoms with Gasteiger partial charge in [0.15, 0.2) is 6.10 Å². The van der Waals surface area contributed by atoms with Gasteiger partial charge in [0.05, 0.1) is 13.2 Å². The second-order valence-electron chi connectivity index (χ2n) is 6.95. The van der Waals surface area contributed by atoms with Crippen molar-refractivity contribution in [3.8, 4) is 5.75 Å². The lowest BCUT2D eigenvalue weighted by Gasteiger charge is -2.22. The first-order valence-electron chi connectivity index (χ1n) is 10.00. The molecular formula is C26H25NO4. The number of hydrogen-bond acceptors (Lipinski definition) is 4. The van der Waals surface area contributed by atoms with Gasteiger partial charge in [-0.1, -0.05) is 72.8 Å². The van der Waals surface area contributed by atoms with Gasteiger partial charge in [-0.2, -0.15) is 0 Å². The molecule has 0 heterocycles. The molecule has 5 nitrogen and oxygen atoms in total. The van der Waals surface area contributed by atoms with E-state index in [0.717, 1.165) is 16.7 Å². The normalized spacial score (nSPS) is 11.8. The Hall–Kier alpha value is -3.86. The molecule has 1 N–H and O–H groups in total. The van der Waals surface area contributed by atoms with E-state index in [4.69, 9.17) is 9.47 Å². The molecule has 0 aromatic heterocycles. The topological polar surface area (TPSA) is 64.6 Å². The largest absolute Gasteiger partial charge is 0.497 e. The van der Waals surface area contributed by atoms with E-state index in [1.54, 1.807) is 26.2 Å². The lowest BCUT2D eigenvalue weighted by atomic mass is 9.98. The van der Waals surface area contributed by atoms with Gasteiger partial charge in [-0.25, -0.2) is 4.79 Å². The van der Waals surface area contributed by atoms with Crippen molar-refractivity contribution in [3.05, 3.63) is 108 Å². The molecule has 3 aromatic rings. The van der Waals surface area contributed by atoms with Crippen LogP contribution in [0.4, 0.5) is 0 Å². The fourth-order valence-electron chi connectivity index (χ4n) is 3.09. The summed E-state index contributed by atoms with van der Waals surface area (Å²) in [5, 5.41) is 2.99. The van der Waals surface area contributed by atoms with Crippen LogP contribution in [0, 0.1) is 0 Å². The quantitative estimate of drug-likeness (QED) is 0.433. The predicted molar refractivity (Wildman–Crippen MR) is 120 cm³/mol. The van der Waals surface area contributed by atoms with Crippen LogP contribution in [0.1, 0.15) is 29.7 Å². The average Bonchev–Trinajstić information content (AvgIpc) is 2.82. The molecule has 0 radical (unpaired) electrons. The molecule has 0 saturated carbocycles. The summed E-state index contributed by atoms with van der Waals surface area (Å²) in [6.45, 7) is 1.56. The van der Waals surface area contributed by atoms with Crippen molar-refractivity contribution in [2.45, 2.75) is 19.1 Å². The number of amides is 1. The Morgan fingerprint density at radius 3 is 2.06 bits per heavy atom. The van der Waals surface area contributed by atoms with Gasteiger partial charge in [0.1, 0.15) is 5.75 Å². The van der Waals surface area contributed by atoms with Gasteiger partial charge < -0.3 is 14.8 Å². The maximum absolute atomic E-state index is 12.8. The highest BCUT2D eigenvalue weighted by Crippen LogP contribution is 2.22. The van der Waals surface area contributed by atoms with Crippen LogP contribution >= 0.6 is 0 Å². The first-order valence-corrected chi connectivity index (χ1v) is 10.00. The molecule has 0 aliphatic rings. The SMILES string of the molecule is COc1cccc(/C=C/C(=O)O[C@@H](C)C(=O)NC(c2ccccc2)c2ccccc2)c1. The van der Waals surface area contributed by atoms with Gasteiger partial charge in [-0.05, 0) is 41.8 Å². The van der Waals surface area contributed by atoms with E-state index >= 15 is 0 Å². The number of benzene rings is 3. The summed E-state index contributed by atoms with van der Waals surface area (Å²) in [5.41, 5.74) is 2.68. The van der Waals surface area contributed by atoms with Crippen molar-refractivity contribution in [3.63, 3.8) is 0 Å². The second-order valence-corrected chi connectivity index (χ2v) is 6.95. The zero-order chi connectivity index (χ0) is 22.1. The summed E-state index contributed by atoms with van der Waals surface area (Å²) in [7, 11) is 1.58. The molecule has 0 aliphatic carbocycles. The highest BCUT2D eigenvalue weighted by atomic mass is 16.5. The van der Waals surface area contributed by atoms with E-state index in [-0.39, 0.29) is 11.9 Å². The fraction of sp³-hybridized carbons (Fsp3) is 0.154. The van der Waals surface area contributed by atoms with Crippen molar-refractivity contribution in [2.24, 2.45) is 0 Å². The van der Waals surface area contributed by atoms with Crippen molar-refractivity contribution < 1.29 is 19.1 Å². The second kappa shape index (κ2) is 10.8. The number of esters is 1. The van der Waals surface area contributed by atoms with Crippen molar-refractivity contribution in [1.29, 1.82) is 0 Å². The zero-order valence-corrected chi connectivity index (χ0v) is 17.5. The minimum Gasteiger partial charge on any atom is -0.497 e. The summed E-state index contributed by atoms with van der Waals surface area (Å²) in [4.78, 5) is 25.0. The Kier molecular flexibility index (Phi) is 7.60. The van der Waals surface area contributed by atoms with Gasteiger partial charge in [-0.3, -0.25) is 4.79 Å². The zero-order valence-electron chi connectivity index (χ0n) is 17.5.